The fraction of sp³-hybridized carbons (Fsp3) is 0.729. The molecule has 0 heterocycles. The van der Waals surface area contributed by atoms with Gasteiger partial charge in [-0.3, -0.25) is 25.0 Å². The molecule has 1 rings (SSSR count). The number of ether oxygens (including phenoxy) is 5. The van der Waals surface area contributed by atoms with E-state index in [-0.39, 0.29) is 75.9 Å². The zero-order chi connectivity index (χ0) is 62.1. The summed E-state index contributed by atoms with van der Waals surface area (Å²) in [6.45, 7) is 7.91. The van der Waals surface area contributed by atoms with Gasteiger partial charge in [-0.05, 0) is 127 Å². The van der Waals surface area contributed by atoms with Crippen molar-refractivity contribution in [3.8, 4) is 0 Å². The maximum absolute atomic E-state index is 13.0. The normalized spacial score (nSPS) is 13.1. The summed E-state index contributed by atoms with van der Waals surface area (Å²) >= 11 is 0. The lowest BCUT2D eigenvalue weighted by Gasteiger charge is -2.18. The smallest absolute Gasteiger partial charge is 0.411 e. The predicted molar refractivity (Wildman–Crippen MR) is 345 cm³/mol. The molecule has 0 aliphatic rings. The summed E-state index contributed by atoms with van der Waals surface area (Å²) in [4.78, 5) is 63.9. The third kappa shape index (κ3) is 49.8. The van der Waals surface area contributed by atoms with Gasteiger partial charge in [0.25, 0.3) is 0 Å². The van der Waals surface area contributed by atoms with Crippen molar-refractivity contribution in [3.05, 3.63) is 72.4 Å². The van der Waals surface area contributed by atoms with Crippen molar-refractivity contribution in [2.24, 2.45) is 0 Å². The molecule has 15 nitrogen and oxygen atoms in total. The summed E-state index contributed by atoms with van der Waals surface area (Å²) in [7, 11) is 0. The second-order valence-electron chi connectivity index (χ2n) is 22.9. The first-order chi connectivity index (χ1) is 41.4. The SMILES string of the molecule is CCCCCCC(O)CC=CCCCCCCCC(=O)OCC(COC(=O)CCCCCCCC=CCC(CCCCCC)OC(=O)Nc1ccc(C)c(NC(=O)OCC=CCO)c1)OC(=O)CCCCCCCC=CCC(O)CCCCCC. The minimum Gasteiger partial charge on any atom is -0.462 e. The van der Waals surface area contributed by atoms with Crippen LogP contribution in [0, 0.1) is 6.92 Å². The molecule has 2 amide bonds. The molecule has 0 aromatic heterocycles. The molecule has 1 aromatic carbocycles. The number of nitrogens with one attached hydrogen (secondary N) is 2. The monoisotopic (exact) mass is 1190 g/mol. The average molecular weight is 1200 g/mol. The molecule has 0 radical (unpaired) electrons. The number of hydrogen-bond acceptors (Lipinski definition) is 13. The Morgan fingerprint density at radius 1 is 0.447 bits per heavy atom. The fourth-order valence-electron chi connectivity index (χ4n) is 9.59. The molecule has 0 fully saturated rings. The van der Waals surface area contributed by atoms with Crippen LogP contribution in [0.2, 0.25) is 0 Å². The highest BCUT2D eigenvalue weighted by Gasteiger charge is 2.20. The van der Waals surface area contributed by atoms with Gasteiger partial charge in [-0.2, -0.15) is 0 Å². The summed E-state index contributed by atoms with van der Waals surface area (Å²) in [6, 6.07) is 5.18. The van der Waals surface area contributed by atoms with Crippen LogP contribution < -0.4 is 10.6 Å². The number of carbonyl (C=O) groups excluding carboxylic acids is 5. The molecule has 0 saturated carbocycles. The van der Waals surface area contributed by atoms with Gasteiger partial charge in [0.15, 0.2) is 6.10 Å². The molecule has 4 atom stereocenters. The van der Waals surface area contributed by atoms with Gasteiger partial charge < -0.3 is 39.0 Å². The molecular weight excluding hydrogens is 1080 g/mol. The fourth-order valence-corrected chi connectivity index (χ4v) is 9.59. The lowest BCUT2D eigenvalue weighted by molar-refractivity contribution is -0.167. The highest BCUT2D eigenvalue weighted by molar-refractivity contribution is 5.89. The van der Waals surface area contributed by atoms with Gasteiger partial charge in [0.2, 0.25) is 0 Å². The van der Waals surface area contributed by atoms with Crippen LogP contribution in [0.5, 0.6) is 0 Å². The molecule has 5 N–H and O–H groups in total. The number of allylic oxidation sites excluding steroid dienone is 3. The number of benzene rings is 1. The second kappa shape index (κ2) is 56.8. The van der Waals surface area contributed by atoms with Crippen LogP contribution in [0.3, 0.4) is 0 Å². The number of esters is 3. The Hall–Kier alpha value is -4.99. The van der Waals surface area contributed by atoms with Crippen molar-refractivity contribution in [1.82, 2.24) is 0 Å². The first kappa shape index (κ1) is 78.0. The Bertz CT molecular complexity index is 1950. The Morgan fingerprint density at radius 2 is 0.894 bits per heavy atom. The van der Waals surface area contributed by atoms with E-state index in [1.54, 1.807) is 24.3 Å². The number of rotatable bonds is 56. The molecule has 4 unspecified atom stereocenters. The molecule has 486 valence electrons. The quantitative estimate of drug-likeness (QED) is 0.0178. The zero-order valence-electron chi connectivity index (χ0n) is 53.5. The lowest BCUT2D eigenvalue weighted by Crippen LogP contribution is -2.30. The molecule has 0 bridgehead atoms. The number of aliphatic hydroxyl groups excluding tert-OH is 3. The Labute approximate surface area is 514 Å². The number of anilines is 2. The standard InChI is InChI=1S/C70H118N2O13/c1-5-8-11-32-43-61(74)45-34-26-20-14-17-23-29-38-49-66(76)82-57-64(84-68(78)51-40-31-25-18-15-21-27-35-46-62(75)44-33-12-9-6-2)58-83-67(77)50-39-30-24-19-16-22-28-37-48-63(47-36-13-10-7-3)85-70(80)71-60-53-52-59(4)65(56-60)72-69(79)81-55-42-41-54-73/h26-28,34-35,37,41-42,52-53,56,61-64,73-75H,5-25,29-33,36,38-40,43-51,54-55,57-58H2,1-4H3,(H,71,80)(H,72,79). The predicted octanol–water partition coefficient (Wildman–Crippen LogP) is 17.7. The van der Waals surface area contributed by atoms with Crippen LogP contribution in [0.25, 0.3) is 0 Å². The lowest BCUT2D eigenvalue weighted by atomic mass is 10.1. The van der Waals surface area contributed by atoms with E-state index in [1.807, 2.05) is 6.92 Å². The number of hydrogen-bond donors (Lipinski definition) is 5. The topological polar surface area (TPSA) is 216 Å². The van der Waals surface area contributed by atoms with Crippen LogP contribution >= 0.6 is 0 Å². The number of unbranched alkanes of at least 4 members (excludes halogenated alkanes) is 24. The zero-order valence-corrected chi connectivity index (χ0v) is 53.5. The summed E-state index contributed by atoms with van der Waals surface area (Å²) in [5.41, 5.74) is 1.75. The van der Waals surface area contributed by atoms with Crippen LogP contribution in [-0.2, 0) is 38.1 Å². The van der Waals surface area contributed by atoms with Gasteiger partial charge in [-0.1, -0.05) is 198 Å². The van der Waals surface area contributed by atoms with Crippen molar-refractivity contribution < 1.29 is 63.0 Å². The maximum Gasteiger partial charge on any atom is 0.411 e. The minimum atomic E-state index is -0.881. The number of carbonyl (C=O) groups is 5. The summed E-state index contributed by atoms with van der Waals surface area (Å²) in [5, 5.41) is 34.7. The van der Waals surface area contributed by atoms with E-state index in [1.165, 1.54) is 44.6 Å². The van der Waals surface area contributed by atoms with Crippen molar-refractivity contribution >= 4 is 41.5 Å². The Kier molecular flexibility index (Phi) is 52.1. The molecule has 0 aliphatic heterocycles. The van der Waals surface area contributed by atoms with Gasteiger partial charge in [-0.25, -0.2) is 9.59 Å². The first-order valence-corrected chi connectivity index (χ1v) is 33.5. The van der Waals surface area contributed by atoms with Gasteiger partial charge in [-0.15, -0.1) is 0 Å². The third-order valence-electron chi connectivity index (χ3n) is 14.9. The molecular formula is C70H118N2O13. The highest BCUT2D eigenvalue weighted by Crippen LogP contribution is 2.23. The number of aliphatic hydroxyl groups is 3. The minimum absolute atomic E-state index is 0.0178. The number of amides is 2. The molecule has 85 heavy (non-hydrogen) atoms. The molecule has 0 saturated heterocycles. The van der Waals surface area contributed by atoms with E-state index in [0.717, 1.165) is 160 Å². The van der Waals surface area contributed by atoms with Crippen molar-refractivity contribution in [3.63, 3.8) is 0 Å². The largest absolute Gasteiger partial charge is 0.462 e. The van der Waals surface area contributed by atoms with Gasteiger partial charge in [0, 0.05) is 37.1 Å². The van der Waals surface area contributed by atoms with E-state index < -0.39 is 24.3 Å². The maximum atomic E-state index is 13.0. The van der Waals surface area contributed by atoms with Gasteiger partial charge >= 0.3 is 30.1 Å². The van der Waals surface area contributed by atoms with Gasteiger partial charge in [0.1, 0.15) is 25.9 Å². The van der Waals surface area contributed by atoms with E-state index in [2.05, 4.69) is 67.9 Å². The molecule has 0 spiro atoms. The van der Waals surface area contributed by atoms with Crippen LogP contribution in [0.1, 0.15) is 277 Å². The second-order valence-corrected chi connectivity index (χ2v) is 22.9. The van der Waals surface area contributed by atoms with Crippen LogP contribution in [-0.4, -0.2) is 96.3 Å². The summed E-state index contributed by atoms with van der Waals surface area (Å²) in [6.07, 6.45) is 48.6. The van der Waals surface area contributed by atoms with Crippen molar-refractivity contribution in [2.45, 2.75) is 303 Å². The highest BCUT2D eigenvalue weighted by atomic mass is 16.6. The molecule has 0 aliphatic carbocycles. The van der Waals surface area contributed by atoms with Crippen molar-refractivity contribution in [2.75, 3.05) is 37.1 Å². The van der Waals surface area contributed by atoms with Gasteiger partial charge in [0.05, 0.1) is 18.8 Å². The van der Waals surface area contributed by atoms with E-state index >= 15 is 0 Å². The van der Waals surface area contributed by atoms with Crippen LogP contribution in [0.4, 0.5) is 21.0 Å². The summed E-state index contributed by atoms with van der Waals surface area (Å²) in [5.74, 6) is -1.14. The van der Waals surface area contributed by atoms with Crippen LogP contribution in [0.15, 0.2) is 66.8 Å². The Morgan fingerprint density at radius 3 is 1.39 bits per heavy atom. The van der Waals surface area contributed by atoms with Crippen molar-refractivity contribution in [1.29, 1.82) is 0 Å². The Balaban J connectivity index is 2.54. The summed E-state index contributed by atoms with van der Waals surface area (Å²) < 4.78 is 27.8. The van der Waals surface area contributed by atoms with E-state index in [0.29, 0.717) is 49.9 Å². The third-order valence-corrected chi connectivity index (χ3v) is 14.9. The van der Waals surface area contributed by atoms with E-state index in [9.17, 15) is 34.2 Å². The average Bonchev–Trinajstić information content (AvgIpc) is 3.61. The van der Waals surface area contributed by atoms with E-state index in [4.69, 9.17) is 28.8 Å². The molecule has 1 aromatic rings. The number of aryl methyl sites for hydroxylation is 1. The molecule has 15 heteroatoms. The first-order valence-electron chi connectivity index (χ1n) is 33.5.